The van der Waals surface area contributed by atoms with Gasteiger partial charge in [0.15, 0.2) is 0 Å². The van der Waals surface area contributed by atoms with Crippen molar-refractivity contribution in [2.75, 3.05) is 0 Å². The molecule has 0 aromatic carbocycles. The average molecular weight is 347 g/mol. The normalized spacial score (nSPS) is 37.4. The van der Waals surface area contributed by atoms with Crippen LogP contribution in [0.3, 0.4) is 0 Å². The number of primary amides is 1. The van der Waals surface area contributed by atoms with Crippen molar-refractivity contribution >= 4 is 23.2 Å². The molecule has 2 unspecified atom stereocenters. The number of carbonyl (C=O) groups excluding carboxylic acids is 2. The Morgan fingerprint density at radius 1 is 1.29 bits per heavy atom. The molecule has 0 aliphatic heterocycles. The topological polar surface area (TPSA) is 85.1 Å². The van der Waals surface area contributed by atoms with Crippen LogP contribution >= 0.6 is 11.3 Å². The minimum absolute atomic E-state index is 0.0445. The first kappa shape index (κ1) is 16.1. The number of carbonyl (C=O) groups is 2. The van der Waals surface area contributed by atoms with Crippen LogP contribution in [-0.2, 0) is 15.0 Å². The molecule has 1 aromatic rings. The molecule has 4 bridgehead atoms. The van der Waals surface area contributed by atoms with Gasteiger partial charge in [0.05, 0.1) is 5.41 Å². The van der Waals surface area contributed by atoms with Crippen molar-refractivity contribution in [3.63, 3.8) is 0 Å². The molecule has 0 radical (unpaired) electrons. The summed E-state index contributed by atoms with van der Waals surface area (Å²) in [5, 5.41) is 6.07. The predicted octanol–water partition coefficient (Wildman–Crippen LogP) is 2.22. The van der Waals surface area contributed by atoms with Crippen molar-refractivity contribution in [1.29, 1.82) is 0 Å². The number of nitrogens with one attached hydrogen (secondary N) is 1. The van der Waals surface area contributed by atoms with Crippen molar-refractivity contribution in [3.05, 3.63) is 16.6 Å². The molecule has 1 aromatic heterocycles. The highest BCUT2D eigenvalue weighted by Crippen LogP contribution is 2.60. The summed E-state index contributed by atoms with van der Waals surface area (Å²) in [5.74, 6) is 1.30. The Labute approximate surface area is 146 Å². The summed E-state index contributed by atoms with van der Waals surface area (Å²) in [5.41, 5.74) is 4.81. The van der Waals surface area contributed by atoms with E-state index in [0.29, 0.717) is 17.8 Å². The van der Waals surface area contributed by atoms with Gasteiger partial charge in [0, 0.05) is 23.0 Å². The lowest BCUT2D eigenvalue weighted by molar-refractivity contribution is -0.148. The highest BCUT2D eigenvalue weighted by molar-refractivity contribution is 7.09. The van der Waals surface area contributed by atoms with Crippen LogP contribution in [-0.4, -0.2) is 22.8 Å². The monoisotopic (exact) mass is 347 g/mol. The Morgan fingerprint density at radius 2 is 1.96 bits per heavy atom. The quantitative estimate of drug-likeness (QED) is 0.876. The van der Waals surface area contributed by atoms with E-state index < -0.39 is 5.41 Å². The first-order chi connectivity index (χ1) is 11.3. The second kappa shape index (κ2) is 5.28. The Kier molecular flexibility index (Phi) is 3.53. The number of nitrogens with zero attached hydrogens (tertiary/aromatic N) is 1. The maximum atomic E-state index is 12.9. The van der Waals surface area contributed by atoms with Crippen LogP contribution in [0, 0.1) is 23.2 Å². The van der Waals surface area contributed by atoms with Crippen LogP contribution in [0.4, 0.5) is 0 Å². The van der Waals surface area contributed by atoms with Gasteiger partial charge in [-0.15, -0.1) is 11.3 Å². The van der Waals surface area contributed by atoms with Crippen LogP contribution in [0.5, 0.6) is 0 Å². The van der Waals surface area contributed by atoms with Crippen LogP contribution in [0.2, 0.25) is 0 Å². The van der Waals surface area contributed by atoms with Crippen LogP contribution in [0.15, 0.2) is 11.6 Å². The molecule has 2 amide bonds. The maximum absolute atomic E-state index is 12.9. The van der Waals surface area contributed by atoms with E-state index in [-0.39, 0.29) is 23.3 Å². The third-order valence-electron chi connectivity index (χ3n) is 6.63. The second-order valence-corrected chi connectivity index (χ2v) is 9.47. The minimum atomic E-state index is -0.621. The average Bonchev–Trinajstić information content (AvgIpc) is 3.05. The molecule has 4 aliphatic carbocycles. The Balaban J connectivity index is 1.53. The summed E-state index contributed by atoms with van der Waals surface area (Å²) in [7, 11) is 0. The molecule has 6 heteroatoms. The van der Waals surface area contributed by atoms with E-state index >= 15 is 0 Å². The fourth-order valence-corrected chi connectivity index (χ4v) is 6.28. The second-order valence-electron chi connectivity index (χ2n) is 8.58. The molecule has 3 N–H and O–H groups in total. The van der Waals surface area contributed by atoms with Gasteiger partial charge in [-0.1, -0.05) is 0 Å². The largest absolute Gasteiger partial charge is 0.369 e. The molecule has 5 rings (SSSR count). The summed E-state index contributed by atoms with van der Waals surface area (Å²) in [4.78, 5) is 29.3. The van der Waals surface area contributed by atoms with Crippen molar-refractivity contribution in [2.45, 2.75) is 57.4 Å². The molecule has 2 atom stereocenters. The van der Waals surface area contributed by atoms with Gasteiger partial charge in [0.2, 0.25) is 11.8 Å². The lowest BCUT2D eigenvalue weighted by atomic mass is 9.47. The number of hydrogen-bond acceptors (Lipinski definition) is 4. The molecule has 4 fully saturated rings. The van der Waals surface area contributed by atoms with Crippen molar-refractivity contribution < 1.29 is 9.59 Å². The SMILES string of the molecule is CC(C)(C(=O)NC1C2CC3CC1CC(C(N)=O)(C3)C2)c1nccs1. The van der Waals surface area contributed by atoms with Gasteiger partial charge in [-0.25, -0.2) is 4.98 Å². The van der Waals surface area contributed by atoms with Gasteiger partial charge in [-0.05, 0) is 63.7 Å². The summed E-state index contributed by atoms with van der Waals surface area (Å²) in [6, 6.07) is 0.181. The van der Waals surface area contributed by atoms with Gasteiger partial charge < -0.3 is 11.1 Å². The minimum Gasteiger partial charge on any atom is -0.369 e. The van der Waals surface area contributed by atoms with Crippen LogP contribution in [0.1, 0.15) is 51.0 Å². The van der Waals surface area contributed by atoms with Crippen molar-refractivity contribution in [1.82, 2.24) is 10.3 Å². The number of hydrogen-bond donors (Lipinski definition) is 2. The van der Waals surface area contributed by atoms with Crippen molar-refractivity contribution in [3.8, 4) is 0 Å². The molecule has 4 aliphatic rings. The van der Waals surface area contributed by atoms with Gasteiger partial charge >= 0.3 is 0 Å². The summed E-state index contributed by atoms with van der Waals surface area (Å²) in [6.45, 7) is 3.87. The Hall–Kier alpha value is -1.43. The first-order valence-electron chi connectivity index (χ1n) is 8.83. The van der Waals surface area contributed by atoms with E-state index in [2.05, 4.69) is 10.3 Å². The van der Waals surface area contributed by atoms with E-state index in [4.69, 9.17) is 5.73 Å². The van der Waals surface area contributed by atoms with Gasteiger partial charge in [-0.3, -0.25) is 9.59 Å². The summed E-state index contributed by atoms with van der Waals surface area (Å²) < 4.78 is 0. The highest BCUT2D eigenvalue weighted by atomic mass is 32.1. The summed E-state index contributed by atoms with van der Waals surface area (Å²) in [6.07, 6.45) is 6.63. The Bertz CT molecular complexity index is 654. The number of thiazole rings is 1. The molecule has 1 heterocycles. The van der Waals surface area contributed by atoms with E-state index in [1.165, 1.54) is 11.3 Å². The fourth-order valence-electron chi connectivity index (χ4n) is 5.52. The third kappa shape index (κ3) is 2.30. The molecule has 5 nitrogen and oxygen atoms in total. The maximum Gasteiger partial charge on any atom is 0.232 e. The molecular formula is C18H25N3O2S. The number of rotatable bonds is 4. The van der Waals surface area contributed by atoms with Gasteiger partial charge in [0.1, 0.15) is 5.01 Å². The number of nitrogens with two attached hydrogens (primary N) is 1. The fraction of sp³-hybridized carbons (Fsp3) is 0.722. The molecule has 0 spiro atoms. The van der Waals surface area contributed by atoms with Gasteiger partial charge in [0.25, 0.3) is 0 Å². The molecule has 130 valence electrons. The molecular weight excluding hydrogens is 322 g/mol. The van der Waals surface area contributed by atoms with Crippen LogP contribution in [0.25, 0.3) is 0 Å². The number of aromatic nitrogens is 1. The Morgan fingerprint density at radius 3 is 2.50 bits per heavy atom. The van der Waals surface area contributed by atoms with Crippen LogP contribution < -0.4 is 11.1 Å². The van der Waals surface area contributed by atoms with E-state index in [9.17, 15) is 9.59 Å². The molecule has 4 saturated carbocycles. The predicted molar refractivity (Wildman–Crippen MR) is 92.3 cm³/mol. The zero-order valence-corrected chi connectivity index (χ0v) is 15.1. The zero-order chi connectivity index (χ0) is 17.1. The summed E-state index contributed by atoms with van der Waals surface area (Å²) >= 11 is 1.52. The first-order valence-corrected chi connectivity index (χ1v) is 9.71. The standard InChI is InChI=1S/C18H25N3O2S/c1-17(2,16-20-3-4-24-16)15(23)21-13-11-5-10-6-12(13)9-18(7-10,8-11)14(19)22/h3-4,10-13H,5-9H2,1-2H3,(H2,19,22)(H,21,23). The van der Waals surface area contributed by atoms with Gasteiger partial charge in [-0.2, -0.15) is 0 Å². The third-order valence-corrected chi connectivity index (χ3v) is 7.73. The zero-order valence-electron chi connectivity index (χ0n) is 14.2. The van der Waals surface area contributed by atoms with E-state index in [1.807, 2.05) is 19.2 Å². The molecule has 0 saturated heterocycles. The lowest BCUT2D eigenvalue weighted by Gasteiger charge is -2.59. The van der Waals surface area contributed by atoms with E-state index in [0.717, 1.165) is 37.1 Å². The van der Waals surface area contributed by atoms with Crippen molar-refractivity contribution in [2.24, 2.45) is 28.9 Å². The molecule has 24 heavy (non-hydrogen) atoms. The van der Waals surface area contributed by atoms with E-state index in [1.54, 1.807) is 6.20 Å². The smallest absolute Gasteiger partial charge is 0.232 e. The number of amides is 2. The highest BCUT2D eigenvalue weighted by Gasteiger charge is 2.58. The lowest BCUT2D eigenvalue weighted by Crippen LogP contribution is -2.63.